The first kappa shape index (κ1) is 38.1. The first-order valence-corrected chi connectivity index (χ1v) is 19.9. The molecule has 13 nitrogen and oxygen atoms in total. The van der Waals surface area contributed by atoms with Crippen LogP contribution in [0.4, 0.5) is 4.79 Å². The standard InChI is InChI=1S/C44H50N8O5/c1-25(33-7-5-19-45-22-33)48-42(53)38-32-18-17-31(21-32)37(38)41-47-24-35(50-41)30-15-11-28(12-16-30)27-9-13-29(14-10-27)34-23-46-40(49-34)36-8-6-20-52(36)43(54)39(26(2)56-3)51-44(55)57-4/h5,7,9-16,19,22-26,31-32,36-39H,6,8,17-18,20-21H2,1-4H3,(H,46,49)(H,47,50)(H,48,53)(H,51,55)/t25?,26-,31?,32?,36+,37-,38-,39+/m1/s1. The van der Waals surface area contributed by atoms with Crippen molar-refractivity contribution in [2.24, 2.45) is 17.8 Å². The third-order valence-electron chi connectivity index (χ3n) is 12.4. The van der Waals surface area contributed by atoms with E-state index in [9.17, 15) is 14.4 Å². The highest BCUT2D eigenvalue weighted by Crippen LogP contribution is 2.56. The zero-order valence-corrected chi connectivity index (χ0v) is 32.8. The number of carbonyl (C=O) groups excluding carboxylic acids is 3. The van der Waals surface area contributed by atoms with Gasteiger partial charge in [0.1, 0.15) is 17.7 Å². The molecule has 296 valence electrons. The predicted octanol–water partition coefficient (Wildman–Crippen LogP) is 6.96. The van der Waals surface area contributed by atoms with E-state index >= 15 is 0 Å². The maximum absolute atomic E-state index is 13.7. The number of imidazole rings is 2. The summed E-state index contributed by atoms with van der Waals surface area (Å²) in [6, 6.07) is 19.4. The van der Waals surface area contributed by atoms with Crippen LogP contribution in [0.25, 0.3) is 33.6 Å². The molecular weight excluding hydrogens is 721 g/mol. The van der Waals surface area contributed by atoms with Gasteiger partial charge in [0.25, 0.3) is 0 Å². The predicted molar refractivity (Wildman–Crippen MR) is 214 cm³/mol. The number of amides is 3. The molecule has 2 aliphatic carbocycles. The monoisotopic (exact) mass is 770 g/mol. The number of fused-ring (bicyclic) bond motifs is 2. The van der Waals surface area contributed by atoms with Gasteiger partial charge in [-0.1, -0.05) is 54.6 Å². The van der Waals surface area contributed by atoms with Gasteiger partial charge in [-0.05, 0) is 91.7 Å². The number of rotatable bonds is 12. The molecule has 8 atom stereocenters. The Labute approximate surface area is 332 Å². The fourth-order valence-electron chi connectivity index (χ4n) is 9.27. The largest absolute Gasteiger partial charge is 0.453 e. The summed E-state index contributed by atoms with van der Waals surface area (Å²) in [4.78, 5) is 61.9. The van der Waals surface area contributed by atoms with Gasteiger partial charge in [-0.25, -0.2) is 14.8 Å². The number of hydrogen-bond acceptors (Lipinski definition) is 8. The molecule has 3 aromatic heterocycles. The fourth-order valence-corrected chi connectivity index (χ4v) is 9.27. The molecule has 2 bridgehead atoms. The van der Waals surface area contributed by atoms with Crippen LogP contribution in [-0.4, -0.2) is 80.6 Å². The number of likely N-dealkylation sites (tertiary alicyclic amines) is 1. The Bertz CT molecular complexity index is 2190. The number of aromatic nitrogens is 5. The second kappa shape index (κ2) is 16.3. The lowest BCUT2D eigenvalue weighted by molar-refractivity contribution is -0.137. The first-order valence-electron chi connectivity index (χ1n) is 19.9. The van der Waals surface area contributed by atoms with Crippen molar-refractivity contribution in [3.8, 4) is 33.6 Å². The molecule has 57 heavy (non-hydrogen) atoms. The molecule has 13 heteroatoms. The summed E-state index contributed by atoms with van der Waals surface area (Å²) in [5, 5.41) is 5.90. The SMILES string of the molecule is COC(=O)N[C@H](C(=O)N1CCC[C@H]1c1ncc(-c2ccc(-c3ccc(-c4cnc([C@@H]5C6CCC(C6)[C@H]5C(=O)NC(C)c5cccnc5)[nH]4)cc3)cc2)[nH]1)[C@@H](C)OC. The lowest BCUT2D eigenvalue weighted by Crippen LogP contribution is -2.54. The highest BCUT2D eigenvalue weighted by atomic mass is 16.5. The van der Waals surface area contributed by atoms with Gasteiger partial charge in [-0.2, -0.15) is 0 Å². The zero-order chi connectivity index (χ0) is 39.6. The van der Waals surface area contributed by atoms with Crippen molar-refractivity contribution in [1.29, 1.82) is 0 Å². The number of H-pyrrole nitrogens is 2. The molecule has 4 heterocycles. The molecule has 0 radical (unpaired) electrons. The van der Waals surface area contributed by atoms with Crippen molar-refractivity contribution in [1.82, 2.24) is 40.5 Å². The van der Waals surface area contributed by atoms with Crippen molar-refractivity contribution in [3.05, 3.63) is 103 Å². The summed E-state index contributed by atoms with van der Waals surface area (Å²) in [5.74, 6) is 2.30. The van der Waals surface area contributed by atoms with E-state index in [0.29, 0.717) is 24.2 Å². The smallest absolute Gasteiger partial charge is 0.407 e. The Morgan fingerprint density at radius 1 is 0.789 bits per heavy atom. The third-order valence-corrected chi connectivity index (χ3v) is 12.4. The lowest BCUT2D eigenvalue weighted by Gasteiger charge is -2.30. The first-order chi connectivity index (χ1) is 27.7. The van der Waals surface area contributed by atoms with Crippen molar-refractivity contribution >= 4 is 17.9 Å². The number of aromatic amines is 2. The minimum Gasteiger partial charge on any atom is -0.453 e. The Kier molecular flexibility index (Phi) is 10.9. The lowest BCUT2D eigenvalue weighted by atomic mass is 9.78. The highest BCUT2D eigenvalue weighted by molar-refractivity contribution is 5.87. The van der Waals surface area contributed by atoms with Gasteiger partial charge >= 0.3 is 6.09 Å². The van der Waals surface area contributed by atoms with E-state index in [4.69, 9.17) is 14.5 Å². The minimum absolute atomic E-state index is 0.0781. The second-order valence-corrected chi connectivity index (χ2v) is 15.7. The molecule has 3 aliphatic rings. The van der Waals surface area contributed by atoms with Gasteiger partial charge in [0, 0.05) is 32.0 Å². The van der Waals surface area contributed by atoms with Crippen molar-refractivity contribution < 1.29 is 23.9 Å². The maximum Gasteiger partial charge on any atom is 0.407 e. The summed E-state index contributed by atoms with van der Waals surface area (Å²) in [7, 11) is 2.77. The zero-order valence-electron chi connectivity index (χ0n) is 32.8. The molecule has 3 fully saturated rings. The van der Waals surface area contributed by atoms with Crippen LogP contribution in [0.5, 0.6) is 0 Å². The van der Waals surface area contributed by atoms with Gasteiger partial charge in [-0.15, -0.1) is 0 Å². The van der Waals surface area contributed by atoms with E-state index in [1.807, 2.05) is 31.5 Å². The summed E-state index contributed by atoms with van der Waals surface area (Å²) < 4.78 is 10.2. The number of nitrogens with one attached hydrogen (secondary N) is 4. The second-order valence-electron chi connectivity index (χ2n) is 15.7. The van der Waals surface area contributed by atoms with Crippen LogP contribution in [-0.2, 0) is 19.1 Å². The Morgan fingerprint density at radius 3 is 2.05 bits per heavy atom. The number of carbonyl (C=O) groups is 3. The number of pyridine rings is 1. The van der Waals surface area contributed by atoms with Crippen molar-refractivity contribution in [2.45, 2.75) is 76.1 Å². The van der Waals surface area contributed by atoms with E-state index in [0.717, 1.165) is 77.1 Å². The Hall–Kier alpha value is -5.82. The maximum atomic E-state index is 13.7. The molecule has 2 saturated carbocycles. The summed E-state index contributed by atoms with van der Waals surface area (Å²) in [5.41, 5.74) is 6.98. The topological polar surface area (TPSA) is 167 Å². The average molecular weight is 771 g/mol. The normalized spacial score (nSPS) is 22.9. The van der Waals surface area contributed by atoms with Gasteiger partial charge < -0.3 is 35.0 Å². The molecule has 0 spiro atoms. The third kappa shape index (κ3) is 7.68. The van der Waals surface area contributed by atoms with E-state index in [1.54, 1.807) is 24.2 Å². The van der Waals surface area contributed by atoms with Gasteiger partial charge in [0.05, 0.1) is 55.0 Å². The van der Waals surface area contributed by atoms with E-state index in [1.165, 1.54) is 14.2 Å². The van der Waals surface area contributed by atoms with Gasteiger partial charge in [0.2, 0.25) is 11.8 Å². The van der Waals surface area contributed by atoms with Crippen molar-refractivity contribution in [2.75, 3.05) is 20.8 Å². The number of ether oxygens (including phenoxy) is 2. The van der Waals surface area contributed by atoms with Crippen LogP contribution in [0, 0.1) is 17.8 Å². The summed E-state index contributed by atoms with van der Waals surface area (Å²) in [6.45, 7) is 4.31. The van der Waals surface area contributed by atoms with Crippen LogP contribution in [0.15, 0.2) is 85.5 Å². The van der Waals surface area contributed by atoms with Crippen LogP contribution >= 0.6 is 0 Å². The Balaban J connectivity index is 0.922. The number of benzene rings is 2. The summed E-state index contributed by atoms with van der Waals surface area (Å²) in [6.07, 6.45) is 10.9. The molecule has 1 saturated heterocycles. The molecule has 3 unspecified atom stereocenters. The van der Waals surface area contributed by atoms with E-state index < -0.39 is 18.2 Å². The van der Waals surface area contributed by atoms with E-state index in [-0.39, 0.29) is 35.7 Å². The van der Waals surface area contributed by atoms with Crippen molar-refractivity contribution in [3.63, 3.8) is 0 Å². The number of methoxy groups -OCH3 is 2. The average Bonchev–Trinajstić information content (AvgIpc) is 4.11. The fraction of sp³-hybridized carbons (Fsp3) is 0.409. The number of alkyl carbamates (subject to hydrolysis) is 1. The summed E-state index contributed by atoms with van der Waals surface area (Å²) >= 11 is 0. The quantitative estimate of drug-likeness (QED) is 0.106. The van der Waals surface area contributed by atoms with Crippen LogP contribution in [0.1, 0.15) is 81.2 Å². The Morgan fingerprint density at radius 2 is 1.42 bits per heavy atom. The van der Waals surface area contributed by atoms with Crippen LogP contribution in [0.2, 0.25) is 0 Å². The van der Waals surface area contributed by atoms with E-state index in [2.05, 4.69) is 79.1 Å². The molecule has 5 aromatic rings. The molecule has 4 N–H and O–H groups in total. The minimum atomic E-state index is -0.886. The van der Waals surface area contributed by atoms with Gasteiger partial charge in [-0.3, -0.25) is 14.6 Å². The molecule has 3 amide bonds. The molecular formula is C44H50N8O5. The molecule has 8 rings (SSSR count). The van der Waals surface area contributed by atoms with Crippen LogP contribution < -0.4 is 10.6 Å². The number of nitrogens with zero attached hydrogens (tertiary/aromatic N) is 4. The van der Waals surface area contributed by atoms with Crippen LogP contribution in [0.3, 0.4) is 0 Å². The van der Waals surface area contributed by atoms with Gasteiger partial charge in [0.15, 0.2) is 0 Å². The molecule has 1 aliphatic heterocycles. The number of hydrogen-bond donors (Lipinski definition) is 4. The highest BCUT2D eigenvalue weighted by Gasteiger charge is 2.52. The molecule has 2 aromatic carbocycles.